The molecule has 4 nitrogen and oxygen atoms in total. The van der Waals surface area contributed by atoms with E-state index in [1.54, 1.807) is 6.07 Å². The monoisotopic (exact) mass is 501 g/mol. The van der Waals surface area contributed by atoms with Crippen molar-refractivity contribution in [3.63, 3.8) is 0 Å². The van der Waals surface area contributed by atoms with Crippen molar-refractivity contribution >= 4 is 51.1 Å². The van der Waals surface area contributed by atoms with E-state index in [-0.39, 0.29) is 23.8 Å². The number of rotatable bonds is 3. The van der Waals surface area contributed by atoms with Gasteiger partial charge in [-0.3, -0.25) is 4.79 Å². The standard InChI is InChI=1S/C14H17I2NO3/c15-9-6-10(12(19)11(16)7-9)13(20)17-14(8-18)4-2-1-3-5-14/h6-7,18-19H,1-5,8H2,(H,17,20). The number of hydrogen-bond acceptors (Lipinski definition) is 3. The van der Waals surface area contributed by atoms with Gasteiger partial charge in [0, 0.05) is 3.57 Å². The summed E-state index contributed by atoms with van der Waals surface area (Å²) >= 11 is 4.13. The van der Waals surface area contributed by atoms with Gasteiger partial charge in [0.25, 0.3) is 5.91 Å². The van der Waals surface area contributed by atoms with Crippen LogP contribution in [0.1, 0.15) is 42.5 Å². The van der Waals surface area contributed by atoms with Gasteiger partial charge in [0.15, 0.2) is 0 Å². The van der Waals surface area contributed by atoms with Crippen LogP contribution < -0.4 is 5.32 Å². The van der Waals surface area contributed by atoms with Crippen molar-refractivity contribution in [2.75, 3.05) is 6.61 Å². The molecule has 0 unspecified atom stereocenters. The molecule has 0 aliphatic heterocycles. The molecular weight excluding hydrogens is 484 g/mol. The van der Waals surface area contributed by atoms with Crippen molar-refractivity contribution in [2.45, 2.75) is 37.6 Å². The molecule has 3 N–H and O–H groups in total. The van der Waals surface area contributed by atoms with E-state index in [1.807, 2.05) is 28.7 Å². The number of aliphatic hydroxyl groups is 1. The van der Waals surface area contributed by atoms with Gasteiger partial charge in [-0.2, -0.15) is 0 Å². The number of nitrogens with one attached hydrogen (secondary N) is 1. The second-order valence-electron chi connectivity index (χ2n) is 5.24. The Morgan fingerprint density at radius 2 is 1.90 bits per heavy atom. The minimum absolute atomic E-state index is 0.00687. The molecule has 1 aliphatic carbocycles. The van der Waals surface area contributed by atoms with Crippen LogP contribution in [0.4, 0.5) is 0 Å². The molecule has 1 aromatic rings. The summed E-state index contributed by atoms with van der Waals surface area (Å²) in [6, 6.07) is 3.48. The van der Waals surface area contributed by atoms with E-state index in [0.29, 0.717) is 3.57 Å². The number of phenols is 1. The summed E-state index contributed by atoms with van der Waals surface area (Å²) in [5, 5.41) is 22.6. The molecule has 0 bridgehead atoms. The maximum atomic E-state index is 12.4. The fourth-order valence-corrected chi connectivity index (χ4v) is 4.44. The van der Waals surface area contributed by atoms with Gasteiger partial charge in [-0.25, -0.2) is 0 Å². The van der Waals surface area contributed by atoms with Crippen LogP contribution in [0.5, 0.6) is 5.75 Å². The van der Waals surface area contributed by atoms with Gasteiger partial charge in [0.2, 0.25) is 0 Å². The highest BCUT2D eigenvalue weighted by Gasteiger charge is 2.33. The zero-order valence-corrected chi connectivity index (χ0v) is 15.3. The summed E-state index contributed by atoms with van der Waals surface area (Å²) < 4.78 is 1.55. The molecule has 1 amide bonds. The molecule has 0 radical (unpaired) electrons. The average Bonchev–Trinajstić information content (AvgIpc) is 2.43. The van der Waals surface area contributed by atoms with E-state index in [4.69, 9.17) is 0 Å². The number of carbonyl (C=O) groups excluding carboxylic acids is 1. The van der Waals surface area contributed by atoms with Crippen molar-refractivity contribution < 1.29 is 15.0 Å². The Morgan fingerprint density at radius 3 is 2.50 bits per heavy atom. The van der Waals surface area contributed by atoms with Crippen LogP contribution in [0.25, 0.3) is 0 Å². The highest BCUT2D eigenvalue weighted by atomic mass is 127. The molecule has 1 fully saturated rings. The smallest absolute Gasteiger partial charge is 0.255 e. The van der Waals surface area contributed by atoms with Crippen LogP contribution in [-0.2, 0) is 0 Å². The van der Waals surface area contributed by atoms with Gasteiger partial charge in [0.05, 0.1) is 21.3 Å². The third-order valence-corrected chi connectivity index (χ3v) is 5.21. The SMILES string of the molecule is O=C(NC1(CO)CCCCC1)c1cc(I)cc(I)c1O. The zero-order chi connectivity index (χ0) is 14.8. The molecule has 0 spiro atoms. The lowest BCUT2D eigenvalue weighted by molar-refractivity contribution is 0.0756. The molecule has 2 rings (SSSR count). The molecule has 0 atom stereocenters. The topological polar surface area (TPSA) is 69.6 Å². The van der Waals surface area contributed by atoms with Crippen LogP contribution in [0.3, 0.4) is 0 Å². The van der Waals surface area contributed by atoms with Crippen LogP contribution in [0.2, 0.25) is 0 Å². The van der Waals surface area contributed by atoms with E-state index >= 15 is 0 Å². The largest absolute Gasteiger partial charge is 0.506 e. The van der Waals surface area contributed by atoms with E-state index in [0.717, 1.165) is 35.7 Å². The second-order valence-corrected chi connectivity index (χ2v) is 7.64. The van der Waals surface area contributed by atoms with Crippen LogP contribution in [0, 0.1) is 7.14 Å². The lowest BCUT2D eigenvalue weighted by atomic mass is 9.82. The first-order chi connectivity index (χ1) is 9.47. The first-order valence-corrected chi connectivity index (χ1v) is 8.74. The lowest BCUT2D eigenvalue weighted by Gasteiger charge is -2.36. The minimum atomic E-state index is -0.533. The number of benzene rings is 1. The molecule has 20 heavy (non-hydrogen) atoms. The molecule has 1 aromatic carbocycles. The summed E-state index contributed by atoms with van der Waals surface area (Å²) in [6.07, 6.45) is 4.74. The van der Waals surface area contributed by atoms with Crippen molar-refractivity contribution in [3.05, 3.63) is 24.8 Å². The van der Waals surface area contributed by atoms with Gasteiger partial charge < -0.3 is 15.5 Å². The van der Waals surface area contributed by atoms with E-state index in [2.05, 4.69) is 27.9 Å². The maximum absolute atomic E-state index is 12.4. The van der Waals surface area contributed by atoms with Crippen LogP contribution in [0.15, 0.2) is 12.1 Å². The average molecular weight is 501 g/mol. The highest BCUT2D eigenvalue weighted by molar-refractivity contribution is 14.1. The second kappa shape index (κ2) is 6.78. The van der Waals surface area contributed by atoms with Gasteiger partial charge >= 0.3 is 0 Å². The predicted octanol–water partition coefficient (Wildman–Crippen LogP) is 3.03. The van der Waals surface area contributed by atoms with Crippen LogP contribution in [-0.4, -0.2) is 28.3 Å². The third-order valence-electron chi connectivity index (χ3n) is 3.76. The molecule has 0 aromatic heterocycles. The Hall–Kier alpha value is -0.0900. The minimum Gasteiger partial charge on any atom is -0.506 e. The zero-order valence-electron chi connectivity index (χ0n) is 11.0. The van der Waals surface area contributed by atoms with E-state index in [9.17, 15) is 15.0 Å². The number of halogens is 2. The quantitative estimate of drug-likeness (QED) is 0.559. The first-order valence-electron chi connectivity index (χ1n) is 6.59. The van der Waals surface area contributed by atoms with Crippen molar-refractivity contribution in [1.82, 2.24) is 5.32 Å². The Labute approximate surface area is 145 Å². The highest BCUT2D eigenvalue weighted by Crippen LogP contribution is 2.30. The van der Waals surface area contributed by atoms with Gasteiger partial charge in [-0.1, -0.05) is 19.3 Å². The number of aliphatic hydroxyl groups excluding tert-OH is 1. The van der Waals surface area contributed by atoms with Gasteiger partial charge in [-0.15, -0.1) is 0 Å². The molecule has 110 valence electrons. The third kappa shape index (κ3) is 3.56. The van der Waals surface area contributed by atoms with Gasteiger partial charge in [0.1, 0.15) is 5.75 Å². The Morgan fingerprint density at radius 1 is 1.25 bits per heavy atom. The Kier molecular flexibility index (Phi) is 5.52. The summed E-state index contributed by atoms with van der Waals surface area (Å²) in [4.78, 5) is 12.4. The van der Waals surface area contributed by atoms with Gasteiger partial charge in [-0.05, 0) is 70.2 Å². The van der Waals surface area contributed by atoms with Crippen LogP contribution >= 0.6 is 45.2 Å². The molecule has 0 heterocycles. The number of hydrogen-bond donors (Lipinski definition) is 3. The van der Waals surface area contributed by atoms with Crippen molar-refractivity contribution in [1.29, 1.82) is 0 Å². The number of phenolic OH excluding ortho intramolecular Hbond substituents is 1. The number of carbonyl (C=O) groups is 1. The lowest BCUT2D eigenvalue weighted by Crippen LogP contribution is -2.52. The summed E-state index contributed by atoms with van der Waals surface area (Å²) in [5.74, 6) is -0.303. The molecule has 0 saturated heterocycles. The summed E-state index contributed by atoms with van der Waals surface area (Å²) in [7, 11) is 0. The fraction of sp³-hybridized carbons (Fsp3) is 0.500. The normalized spacial score (nSPS) is 17.8. The predicted molar refractivity (Wildman–Crippen MR) is 93.9 cm³/mol. The Balaban J connectivity index is 2.23. The summed E-state index contributed by atoms with van der Waals surface area (Å²) in [5.41, 5.74) is -0.256. The van der Waals surface area contributed by atoms with E-state index in [1.165, 1.54) is 0 Å². The molecular formula is C14H17I2NO3. The van der Waals surface area contributed by atoms with E-state index < -0.39 is 5.54 Å². The summed E-state index contributed by atoms with van der Waals surface area (Å²) in [6.45, 7) is -0.0550. The number of amides is 1. The van der Waals surface area contributed by atoms with Crippen molar-refractivity contribution in [3.8, 4) is 5.75 Å². The maximum Gasteiger partial charge on any atom is 0.255 e. The molecule has 1 saturated carbocycles. The molecule has 6 heteroatoms. The van der Waals surface area contributed by atoms with Crippen molar-refractivity contribution in [2.24, 2.45) is 0 Å². The Bertz CT molecular complexity index is 513. The number of aromatic hydroxyl groups is 1. The molecule has 1 aliphatic rings. The fourth-order valence-electron chi connectivity index (χ4n) is 2.60. The first kappa shape index (κ1) is 16.3.